The van der Waals surface area contributed by atoms with Crippen LogP contribution in [0.4, 0.5) is 0 Å². The Kier molecular flexibility index (Phi) is 4.19. The van der Waals surface area contributed by atoms with Gasteiger partial charge in [0.2, 0.25) is 0 Å². The van der Waals surface area contributed by atoms with E-state index in [1.54, 1.807) is 0 Å². The quantitative estimate of drug-likeness (QED) is 0.645. The van der Waals surface area contributed by atoms with Crippen LogP contribution in [-0.4, -0.2) is 43.1 Å². The molecule has 1 saturated heterocycles. The number of rotatable bonds is 4. The van der Waals surface area contributed by atoms with Crippen LogP contribution in [0.25, 0.3) is 0 Å². The van der Waals surface area contributed by atoms with E-state index in [0.717, 1.165) is 19.4 Å². The van der Waals surface area contributed by atoms with Crippen molar-refractivity contribution in [2.24, 2.45) is 11.7 Å². The molecule has 2 atom stereocenters. The van der Waals surface area contributed by atoms with Gasteiger partial charge < -0.3 is 20.9 Å². The summed E-state index contributed by atoms with van der Waals surface area (Å²) in [4.78, 5) is 0. The second kappa shape index (κ2) is 5.45. The highest BCUT2D eigenvalue weighted by Crippen LogP contribution is 2.26. The minimum atomic E-state index is -0.556. The maximum atomic E-state index is 10.3. The van der Waals surface area contributed by atoms with E-state index >= 15 is 0 Å². The van der Waals surface area contributed by atoms with Crippen molar-refractivity contribution in [2.75, 3.05) is 26.3 Å². The molecular formula is C12H24N2O2. The summed E-state index contributed by atoms with van der Waals surface area (Å²) in [6, 6.07) is 0.511. The Bertz CT molecular complexity index is 217. The van der Waals surface area contributed by atoms with Crippen LogP contribution in [0, 0.1) is 5.92 Å². The number of hydrogen-bond acceptors (Lipinski definition) is 4. The zero-order valence-electron chi connectivity index (χ0n) is 9.95. The molecule has 0 amide bonds. The van der Waals surface area contributed by atoms with Gasteiger partial charge in [-0.15, -0.1) is 0 Å². The second-order valence-electron chi connectivity index (χ2n) is 5.25. The van der Waals surface area contributed by atoms with Crippen molar-refractivity contribution in [3.8, 4) is 0 Å². The molecule has 4 nitrogen and oxygen atoms in total. The lowest BCUT2D eigenvalue weighted by atomic mass is 9.93. The first-order valence-electron chi connectivity index (χ1n) is 6.47. The molecule has 4 N–H and O–H groups in total. The fourth-order valence-electron chi connectivity index (χ4n) is 2.84. The van der Waals surface area contributed by atoms with Gasteiger partial charge in [-0.25, -0.2) is 0 Å². The molecule has 0 radical (unpaired) electrons. The molecule has 0 aromatic rings. The Morgan fingerprint density at radius 3 is 2.75 bits per heavy atom. The minimum absolute atomic E-state index is 0.511. The fraction of sp³-hybridized carbons (Fsp3) is 1.00. The van der Waals surface area contributed by atoms with Crippen LogP contribution in [-0.2, 0) is 4.74 Å². The molecule has 4 heteroatoms. The summed E-state index contributed by atoms with van der Waals surface area (Å²) in [6.07, 6.45) is 5.20. The molecule has 2 rings (SSSR count). The molecule has 2 fully saturated rings. The minimum Gasteiger partial charge on any atom is -0.388 e. The third-order valence-electron chi connectivity index (χ3n) is 4.08. The van der Waals surface area contributed by atoms with Gasteiger partial charge in [0.1, 0.15) is 0 Å². The van der Waals surface area contributed by atoms with Gasteiger partial charge in [0, 0.05) is 38.6 Å². The van der Waals surface area contributed by atoms with Crippen LogP contribution in [0.3, 0.4) is 0 Å². The van der Waals surface area contributed by atoms with Crippen LogP contribution >= 0.6 is 0 Å². The molecule has 0 bridgehead atoms. The van der Waals surface area contributed by atoms with Crippen molar-refractivity contribution in [1.82, 2.24) is 5.32 Å². The Morgan fingerprint density at radius 1 is 1.31 bits per heavy atom. The standard InChI is InChI=1S/C12H24N2O2/c13-8-10-2-1-3-11(10)14-9-12(15)4-6-16-7-5-12/h10-11,14-15H,1-9,13H2. The summed E-state index contributed by atoms with van der Waals surface area (Å²) in [5.41, 5.74) is 5.19. The first-order chi connectivity index (χ1) is 7.73. The van der Waals surface area contributed by atoms with Gasteiger partial charge in [0.15, 0.2) is 0 Å². The Hall–Kier alpha value is -0.160. The van der Waals surface area contributed by atoms with Crippen molar-refractivity contribution >= 4 is 0 Å². The molecule has 2 unspecified atom stereocenters. The smallest absolute Gasteiger partial charge is 0.0815 e. The summed E-state index contributed by atoms with van der Waals surface area (Å²) in [7, 11) is 0. The summed E-state index contributed by atoms with van der Waals surface area (Å²) >= 11 is 0. The topological polar surface area (TPSA) is 67.5 Å². The molecule has 1 saturated carbocycles. The summed E-state index contributed by atoms with van der Waals surface area (Å²) in [5, 5.41) is 13.8. The van der Waals surface area contributed by atoms with E-state index in [1.807, 2.05) is 0 Å². The van der Waals surface area contributed by atoms with Crippen molar-refractivity contribution in [1.29, 1.82) is 0 Å². The average molecular weight is 228 g/mol. The monoisotopic (exact) mass is 228 g/mol. The average Bonchev–Trinajstić information content (AvgIpc) is 2.75. The lowest BCUT2D eigenvalue weighted by Gasteiger charge is -2.34. The largest absolute Gasteiger partial charge is 0.388 e. The first-order valence-corrected chi connectivity index (χ1v) is 6.47. The maximum absolute atomic E-state index is 10.3. The number of hydrogen-bond donors (Lipinski definition) is 3. The Morgan fingerprint density at radius 2 is 2.06 bits per heavy atom. The van der Waals surface area contributed by atoms with Crippen molar-refractivity contribution < 1.29 is 9.84 Å². The van der Waals surface area contributed by atoms with E-state index < -0.39 is 5.60 Å². The summed E-state index contributed by atoms with van der Waals surface area (Å²) in [6.45, 7) is 2.82. The highest BCUT2D eigenvalue weighted by molar-refractivity contribution is 4.89. The molecule has 94 valence electrons. The maximum Gasteiger partial charge on any atom is 0.0815 e. The zero-order chi connectivity index (χ0) is 11.4. The number of ether oxygens (including phenoxy) is 1. The van der Waals surface area contributed by atoms with E-state index in [4.69, 9.17) is 10.5 Å². The van der Waals surface area contributed by atoms with E-state index in [2.05, 4.69) is 5.32 Å². The molecule has 1 heterocycles. The third-order valence-corrected chi connectivity index (χ3v) is 4.08. The summed E-state index contributed by atoms with van der Waals surface area (Å²) in [5.74, 6) is 0.600. The lowest BCUT2D eigenvalue weighted by molar-refractivity contribution is -0.0631. The van der Waals surface area contributed by atoms with E-state index in [1.165, 1.54) is 19.3 Å². The molecule has 1 aliphatic heterocycles. The highest BCUT2D eigenvalue weighted by Gasteiger charge is 2.32. The van der Waals surface area contributed by atoms with Gasteiger partial charge in [0.25, 0.3) is 0 Å². The van der Waals surface area contributed by atoms with E-state index in [0.29, 0.717) is 31.7 Å². The first kappa shape index (κ1) is 12.3. The van der Waals surface area contributed by atoms with Gasteiger partial charge >= 0.3 is 0 Å². The molecular weight excluding hydrogens is 204 g/mol. The highest BCUT2D eigenvalue weighted by atomic mass is 16.5. The second-order valence-corrected chi connectivity index (χ2v) is 5.25. The van der Waals surface area contributed by atoms with Crippen molar-refractivity contribution in [3.63, 3.8) is 0 Å². The number of nitrogens with two attached hydrogens (primary N) is 1. The molecule has 16 heavy (non-hydrogen) atoms. The molecule has 0 aromatic heterocycles. The lowest BCUT2D eigenvalue weighted by Crippen LogP contribution is -2.49. The van der Waals surface area contributed by atoms with Crippen LogP contribution in [0.1, 0.15) is 32.1 Å². The van der Waals surface area contributed by atoms with Crippen molar-refractivity contribution in [2.45, 2.75) is 43.7 Å². The molecule has 0 spiro atoms. The third kappa shape index (κ3) is 2.94. The molecule has 1 aliphatic carbocycles. The van der Waals surface area contributed by atoms with Gasteiger partial charge in [0.05, 0.1) is 5.60 Å². The van der Waals surface area contributed by atoms with Gasteiger partial charge in [-0.05, 0) is 25.3 Å². The van der Waals surface area contributed by atoms with E-state index in [-0.39, 0.29) is 0 Å². The van der Waals surface area contributed by atoms with Crippen LogP contribution in [0.15, 0.2) is 0 Å². The fourth-order valence-corrected chi connectivity index (χ4v) is 2.84. The summed E-state index contributed by atoms with van der Waals surface area (Å²) < 4.78 is 5.27. The Balaban J connectivity index is 1.77. The predicted molar refractivity (Wildman–Crippen MR) is 63.2 cm³/mol. The molecule has 2 aliphatic rings. The van der Waals surface area contributed by atoms with Gasteiger partial charge in [-0.2, -0.15) is 0 Å². The van der Waals surface area contributed by atoms with Crippen molar-refractivity contribution in [3.05, 3.63) is 0 Å². The van der Waals surface area contributed by atoms with Gasteiger partial charge in [-0.1, -0.05) is 6.42 Å². The van der Waals surface area contributed by atoms with Crippen LogP contribution < -0.4 is 11.1 Å². The van der Waals surface area contributed by atoms with Crippen LogP contribution in [0.5, 0.6) is 0 Å². The predicted octanol–water partition coefficient (Wildman–Crippen LogP) is 0.245. The van der Waals surface area contributed by atoms with Gasteiger partial charge in [-0.3, -0.25) is 0 Å². The normalized spacial score (nSPS) is 34.1. The Labute approximate surface area is 97.5 Å². The van der Waals surface area contributed by atoms with E-state index in [9.17, 15) is 5.11 Å². The van der Waals surface area contributed by atoms with Crippen LogP contribution in [0.2, 0.25) is 0 Å². The molecule has 0 aromatic carbocycles. The SMILES string of the molecule is NCC1CCCC1NCC1(O)CCOCC1. The number of nitrogens with one attached hydrogen (secondary N) is 1. The number of aliphatic hydroxyl groups is 1. The zero-order valence-corrected chi connectivity index (χ0v) is 9.95.